The van der Waals surface area contributed by atoms with E-state index in [0.29, 0.717) is 37.9 Å². The van der Waals surface area contributed by atoms with Gasteiger partial charge in [0.2, 0.25) is 5.91 Å². The maximum atomic E-state index is 13.0. The Hall–Kier alpha value is -2.05. The molecule has 1 saturated carbocycles. The number of likely N-dealkylation sites (tertiary alicyclic amines) is 1. The van der Waals surface area contributed by atoms with E-state index in [1.54, 1.807) is 24.8 Å². The number of nitrogens with zero attached hydrogens (tertiary/aromatic N) is 1. The van der Waals surface area contributed by atoms with Gasteiger partial charge in [0.25, 0.3) is 0 Å². The standard InChI is InChI=1S/C19H22F3NO3/c1-17(2,12-4-3-5-13(10-12)19(20,21)22)16(26)23-8-6-18(7-9-23)11-14(18)15(24)25/h3-5,10,14H,6-9,11H2,1-2H3,(H,24,25). The predicted molar refractivity (Wildman–Crippen MR) is 88.5 cm³/mol. The molecular weight excluding hydrogens is 347 g/mol. The average molecular weight is 369 g/mol. The maximum Gasteiger partial charge on any atom is 0.416 e. The summed E-state index contributed by atoms with van der Waals surface area (Å²) < 4.78 is 38.9. The summed E-state index contributed by atoms with van der Waals surface area (Å²) in [5.41, 5.74) is -1.71. The van der Waals surface area contributed by atoms with E-state index < -0.39 is 23.1 Å². The van der Waals surface area contributed by atoms with Crippen molar-refractivity contribution in [2.45, 2.75) is 44.7 Å². The van der Waals surface area contributed by atoms with E-state index in [2.05, 4.69) is 0 Å². The van der Waals surface area contributed by atoms with E-state index in [1.165, 1.54) is 6.07 Å². The first-order valence-corrected chi connectivity index (χ1v) is 8.67. The van der Waals surface area contributed by atoms with Crippen molar-refractivity contribution in [3.63, 3.8) is 0 Å². The van der Waals surface area contributed by atoms with Crippen LogP contribution in [-0.4, -0.2) is 35.0 Å². The van der Waals surface area contributed by atoms with Crippen LogP contribution in [0.4, 0.5) is 13.2 Å². The third-order valence-corrected chi connectivity index (χ3v) is 5.98. The highest BCUT2D eigenvalue weighted by atomic mass is 19.4. The van der Waals surface area contributed by atoms with Gasteiger partial charge in [0.05, 0.1) is 16.9 Å². The Morgan fingerprint density at radius 1 is 1.15 bits per heavy atom. The van der Waals surface area contributed by atoms with Gasteiger partial charge in [-0.3, -0.25) is 9.59 Å². The lowest BCUT2D eigenvalue weighted by atomic mass is 9.81. The van der Waals surface area contributed by atoms with E-state index in [1.807, 2.05) is 0 Å². The lowest BCUT2D eigenvalue weighted by molar-refractivity contribution is -0.141. The summed E-state index contributed by atoms with van der Waals surface area (Å²) in [6, 6.07) is 4.89. The van der Waals surface area contributed by atoms with Crippen LogP contribution >= 0.6 is 0 Å². The van der Waals surface area contributed by atoms with Crippen molar-refractivity contribution >= 4 is 11.9 Å². The molecule has 1 N–H and O–H groups in total. The molecule has 1 spiro atoms. The zero-order chi connectivity index (χ0) is 19.3. The van der Waals surface area contributed by atoms with Crippen molar-refractivity contribution in [2.75, 3.05) is 13.1 Å². The van der Waals surface area contributed by atoms with Crippen LogP contribution in [-0.2, 0) is 21.2 Å². The van der Waals surface area contributed by atoms with Gasteiger partial charge < -0.3 is 10.0 Å². The predicted octanol–water partition coefficient (Wildman–Crippen LogP) is 3.70. The summed E-state index contributed by atoms with van der Waals surface area (Å²) in [7, 11) is 0. The fraction of sp³-hybridized carbons (Fsp3) is 0.579. The molecule has 2 fully saturated rings. The van der Waals surface area contributed by atoms with E-state index in [4.69, 9.17) is 5.11 Å². The second-order valence-corrected chi connectivity index (χ2v) is 7.95. The van der Waals surface area contributed by atoms with Gasteiger partial charge in [-0.15, -0.1) is 0 Å². The van der Waals surface area contributed by atoms with Crippen molar-refractivity contribution in [3.05, 3.63) is 35.4 Å². The number of amides is 1. The second-order valence-electron chi connectivity index (χ2n) is 7.95. The maximum absolute atomic E-state index is 13.0. The summed E-state index contributed by atoms with van der Waals surface area (Å²) >= 11 is 0. The molecule has 26 heavy (non-hydrogen) atoms. The van der Waals surface area contributed by atoms with E-state index in [9.17, 15) is 22.8 Å². The molecule has 4 nitrogen and oxygen atoms in total. The Balaban J connectivity index is 1.73. The fourth-order valence-electron chi connectivity index (χ4n) is 4.01. The van der Waals surface area contributed by atoms with Crippen LogP contribution in [0, 0.1) is 11.3 Å². The number of carbonyl (C=O) groups excluding carboxylic acids is 1. The molecular formula is C19H22F3NO3. The molecule has 1 unspecified atom stereocenters. The lowest BCUT2D eigenvalue weighted by Crippen LogP contribution is -2.47. The summed E-state index contributed by atoms with van der Waals surface area (Å²) in [5, 5.41) is 9.14. The van der Waals surface area contributed by atoms with Gasteiger partial charge >= 0.3 is 12.1 Å². The number of rotatable bonds is 3. The molecule has 1 heterocycles. The SMILES string of the molecule is CC(C)(C(=O)N1CCC2(CC1)CC2C(=O)O)c1cccc(C(F)(F)F)c1. The highest BCUT2D eigenvalue weighted by molar-refractivity contribution is 5.87. The summed E-state index contributed by atoms with van der Waals surface area (Å²) in [4.78, 5) is 25.7. The van der Waals surface area contributed by atoms with E-state index in [0.717, 1.165) is 12.1 Å². The molecule has 2 aliphatic rings. The minimum absolute atomic E-state index is 0.192. The highest BCUT2D eigenvalue weighted by Crippen LogP contribution is 2.59. The second kappa shape index (κ2) is 5.99. The van der Waals surface area contributed by atoms with Crippen LogP contribution < -0.4 is 0 Å². The molecule has 1 aliphatic heterocycles. The normalized spacial score (nSPS) is 22.3. The number of benzene rings is 1. The molecule has 1 atom stereocenters. The number of hydrogen-bond acceptors (Lipinski definition) is 2. The van der Waals surface area contributed by atoms with Gasteiger partial charge in [-0.25, -0.2) is 0 Å². The van der Waals surface area contributed by atoms with Crippen LogP contribution in [0.15, 0.2) is 24.3 Å². The highest BCUT2D eigenvalue weighted by Gasteiger charge is 2.59. The van der Waals surface area contributed by atoms with Gasteiger partial charge in [-0.1, -0.05) is 18.2 Å². The Kier molecular flexibility index (Phi) is 4.32. The molecule has 0 aromatic heterocycles. The first-order valence-electron chi connectivity index (χ1n) is 8.67. The number of piperidine rings is 1. The van der Waals surface area contributed by atoms with E-state index >= 15 is 0 Å². The summed E-state index contributed by atoms with van der Waals surface area (Å²) in [6.07, 6.45) is -2.53. The molecule has 1 amide bonds. The monoisotopic (exact) mass is 369 g/mol. The Bertz CT molecular complexity index is 734. The number of alkyl halides is 3. The van der Waals surface area contributed by atoms with Crippen LogP contribution in [0.2, 0.25) is 0 Å². The fourth-order valence-corrected chi connectivity index (χ4v) is 4.01. The van der Waals surface area contributed by atoms with Crippen LogP contribution in [0.3, 0.4) is 0 Å². The molecule has 3 rings (SSSR count). The third kappa shape index (κ3) is 3.19. The van der Waals surface area contributed by atoms with Crippen LogP contribution in [0.1, 0.15) is 44.2 Å². The number of hydrogen-bond donors (Lipinski definition) is 1. The summed E-state index contributed by atoms with van der Waals surface area (Å²) in [6.45, 7) is 4.16. The average Bonchev–Trinajstić information content (AvgIpc) is 3.28. The number of carboxylic acid groups (broad SMARTS) is 1. The Morgan fingerprint density at radius 2 is 1.73 bits per heavy atom. The molecule has 0 radical (unpaired) electrons. The largest absolute Gasteiger partial charge is 0.481 e. The molecule has 7 heteroatoms. The van der Waals surface area contributed by atoms with E-state index in [-0.39, 0.29) is 17.2 Å². The van der Waals surface area contributed by atoms with Crippen molar-refractivity contribution in [1.29, 1.82) is 0 Å². The smallest absolute Gasteiger partial charge is 0.416 e. The first-order chi connectivity index (χ1) is 12.0. The molecule has 0 bridgehead atoms. The lowest BCUT2D eigenvalue weighted by Gasteiger charge is -2.38. The van der Waals surface area contributed by atoms with Crippen molar-refractivity contribution < 1.29 is 27.9 Å². The topological polar surface area (TPSA) is 57.6 Å². The zero-order valence-corrected chi connectivity index (χ0v) is 14.8. The number of carbonyl (C=O) groups is 2. The number of aliphatic carboxylic acids is 1. The Labute approximate surface area is 150 Å². The van der Waals surface area contributed by atoms with Gasteiger partial charge in [0.1, 0.15) is 0 Å². The minimum atomic E-state index is -4.45. The molecule has 1 saturated heterocycles. The Morgan fingerprint density at radius 3 is 2.23 bits per heavy atom. The van der Waals surface area contributed by atoms with Crippen molar-refractivity contribution in [1.82, 2.24) is 4.90 Å². The quantitative estimate of drug-likeness (QED) is 0.884. The van der Waals surface area contributed by atoms with Gasteiger partial charge in [0, 0.05) is 13.1 Å². The summed E-state index contributed by atoms with van der Waals surface area (Å²) in [5.74, 6) is -1.33. The van der Waals surface area contributed by atoms with Gasteiger partial charge in [-0.2, -0.15) is 13.2 Å². The molecule has 1 aromatic carbocycles. The molecule has 1 aliphatic carbocycles. The van der Waals surface area contributed by atoms with Crippen molar-refractivity contribution in [3.8, 4) is 0 Å². The molecule has 142 valence electrons. The van der Waals surface area contributed by atoms with Gasteiger partial charge in [0.15, 0.2) is 0 Å². The minimum Gasteiger partial charge on any atom is -0.481 e. The van der Waals surface area contributed by atoms with Crippen LogP contribution in [0.5, 0.6) is 0 Å². The van der Waals surface area contributed by atoms with Crippen molar-refractivity contribution in [2.24, 2.45) is 11.3 Å². The number of halogens is 3. The van der Waals surface area contributed by atoms with Gasteiger partial charge in [-0.05, 0) is 50.2 Å². The van der Waals surface area contributed by atoms with Crippen LogP contribution in [0.25, 0.3) is 0 Å². The first kappa shape index (κ1) is 18.7. The number of carboxylic acids is 1. The zero-order valence-electron chi connectivity index (χ0n) is 14.8. The molecule has 1 aromatic rings. The third-order valence-electron chi connectivity index (χ3n) is 5.98.